The first-order valence-electron chi connectivity index (χ1n) is 8.83. The number of nitriles is 1. The predicted octanol–water partition coefficient (Wildman–Crippen LogP) is 4.61. The number of carbonyl (C=O) groups is 1. The Balaban J connectivity index is 1.67. The lowest BCUT2D eigenvalue weighted by molar-refractivity contribution is -0.157. The molecule has 0 N–H and O–H groups in total. The molecule has 0 saturated heterocycles. The van der Waals surface area contributed by atoms with E-state index in [-0.39, 0.29) is 23.9 Å². The van der Waals surface area contributed by atoms with Crippen molar-refractivity contribution in [1.29, 1.82) is 5.26 Å². The number of nitrogens with zero attached hydrogens (tertiary/aromatic N) is 1. The Kier molecular flexibility index (Phi) is 6.54. The summed E-state index contributed by atoms with van der Waals surface area (Å²) in [6, 6.07) is 2.32. The second-order valence-electron chi connectivity index (χ2n) is 6.90. The van der Waals surface area contributed by atoms with Gasteiger partial charge >= 0.3 is 5.97 Å². The quantitative estimate of drug-likeness (QED) is 0.695. The summed E-state index contributed by atoms with van der Waals surface area (Å²) in [7, 11) is 0. The molecule has 21 heavy (non-hydrogen) atoms. The number of carbonyl (C=O) groups excluding carboxylic acids is 1. The van der Waals surface area contributed by atoms with Crippen LogP contribution >= 0.6 is 0 Å². The number of ether oxygens (including phenoxy) is 1. The summed E-state index contributed by atoms with van der Waals surface area (Å²) in [6.07, 6.45) is 11.9. The monoisotopic (exact) mass is 291 g/mol. The van der Waals surface area contributed by atoms with Crippen molar-refractivity contribution in [3.63, 3.8) is 0 Å². The van der Waals surface area contributed by atoms with Gasteiger partial charge in [0, 0.05) is 5.92 Å². The molecule has 0 aromatic carbocycles. The van der Waals surface area contributed by atoms with Crippen molar-refractivity contribution in [1.82, 2.24) is 0 Å². The van der Waals surface area contributed by atoms with Gasteiger partial charge < -0.3 is 4.74 Å². The van der Waals surface area contributed by atoms with E-state index in [0.717, 1.165) is 44.4 Å². The van der Waals surface area contributed by atoms with Gasteiger partial charge in [-0.2, -0.15) is 5.26 Å². The van der Waals surface area contributed by atoms with Crippen molar-refractivity contribution < 1.29 is 9.53 Å². The summed E-state index contributed by atoms with van der Waals surface area (Å²) in [5, 5.41) is 8.89. The Hall–Kier alpha value is -1.04. The zero-order valence-corrected chi connectivity index (χ0v) is 13.4. The van der Waals surface area contributed by atoms with Gasteiger partial charge in [0.15, 0.2) is 0 Å². The number of rotatable bonds is 5. The Labute approximate surface area is 129 Å². The van der Waals surface area contributed by atoms with Gasteiger partial charge in [-0.05, 0) is 57.3 Å². The molecule has 0 unspecified atom stereocenters. The summed E-state index contributed by atoms with van der Waals surface area (Å²) in [5.41, 5.74) is 0. The zero-order chi connectivity index (χ0) is 15.1. The topological polar surface area (TPSA) is 50.1 Å². The number of esters is 1. The Bertz CT molecular complexity index is 358. The van der Waals surface area contributed by atoms with Gasteiger partial charge in [0.05, 0.1) is 12.0 Å². The molecular weight excluding hydrogens is 262 g/mol. The minimum Gasteiger partial charge on any atom is -0.462 e. The van der Waals surface area contributed by atoms with E-state index >= 15 is 0 Å². The molecule has 0 radical (unpaired) electrons. The highest BCUT2D eigenvalue weighted by Gasteiger charge is 2.30. The summed E-state index contributed by atoms with van der Waals surface area (Å²) in [5.74, 6) is 1.18. The minimum atomic E-state index is 0.0318. The molecule has 2 saturated carbocycles. The molecule has 0 amide bonds. The van der Waals surface area contributed by atoms with Crippen LogP contribution in [0.1, 0.15) is 77.6 Å². The number of unbranched alkanes of at least 4 members (excludes halogenated alkanes) is 1. The highest BCUT2D eigenvalue weighted by Crippen LogP contribution is 2.33. The molecule has 0 spiro atoms. The molecule has 2 fully saturated rings. The standard InChI is InChI=1S/C18H29NO2/c1-2-3-4-14-5-9-16(10-6-14)18(20)21-17-11-7-15(13-19)8-12-17/h14-17H,2-12H2,1H3. The van der Waals surface area contributed by atoms with E-state index in [1.807, 2.05) is 0 Å². The van der Waals surface area contributed by atoms with Crippen LogP contribution in [0.15, 0.2) is 0 Å². The zero-order valence-electron chi connectivity index (χ0n) is 13.4. The molecule has 0 bridgehead atoms. The largest absolute Gasteiger partial charge is 0.462 e. The average molecular weight is 291 g/mol. The van der Waals surface area contributed by atoms with E-state index in [1.54, 1.807) is 0 Å². The van der Waals surface area contributed by atoms with Crippen molar-refractivity contribution in [2.75, 3.05) is 0 Å². The van der Waals surface area contributed by atoms with Crippen LogP contribution in [0.3, 0.4) is 0 Å². The maximum Gasteiger partial charge on any atom is 0.309 e. The molecule has 2 aliphatic carbocycles. The van der Waals surface area contributed by atoms with E-state index in [2.05, 4.69) is 13.0 Å². The van der Waals surface area contributed by atoms with Crippen molar-refractivity contribution >= 4 is 5.97 Å². The average Bonchev–Trinajstić information content (AvgIpc) is 2.54. The maximum absolute atomic E-state index is 12.3. The molecular formula is C18H29NO2. The van der Waals surface area contributed by atoms with Gasteiger partial charge in [-0.25, -0.2) is 0 Å². The van der Waals surface area contributed by atoms with Crippen LogP contribution in [-0.4, -0.2) is 12.1 Å². The summed E-state index contributed by atoms with van der Waals surface area (Å²) >= 11 is 0. The lowest BCUT2D eigenvalue weighted by Gasteiger charge is -2.30. The molecule has 0 aromatic heterocycles. The van der Waals surface area contributed by atoms with E-state index in [9.17, 15) is 4.79 Å². The fourth-order valence-corrected chi connectivity index (χ4v) is 3.75. The van der Waals surface area contributed by atoms with Crippen LogP contribution in [0, 0.1) is 29.1 Å². The van der Waals surface area contributed by atoms with Crippen molar-refractivity contribution in [2.45, 2.75) is 83.7 Å². The predicted molar refractivity (Wildman–Crippen MR) is 82.4 cm³/mol. The minimum absolute atomic E-state index is 0.0318. The van der Waals surface area contributed by atoms with E-state index in [4.69, 9.17) is 10.00 Å². The third-order valence-electron chi connectivity index (χ3n) is 5.29. The second kappa shape index (κ2) is 8.41. The fraction of sp³-hybridized carbons (Fsp3) is 0.889. The first kappa shape index (κ1) is 16.3. The Morgan fingerprint density at radius 3 is 2.33 bits per heavy atom. The van der Waals surface area contributed by atoms with Crippen LogP contribution in [0.2, 0.25) is 0 Å². The van der Waals surface area contributed by atoms with E-state index < -0.39 is 0 Å². The second-order valence-corrected chi connectivity index (χ2v) is 6.90. The van der Waals surface area contributed by atoms with Crippen LogP contribution in [0.25, 0.3) is 0 Å². The molecule has 0 aliphatic heterocycles. The van der Waals surface area contributed by atoms with Crippen LogP contribution in [0.5, 0.6) is 0 Å². The van der Waals surface area contributed by atoms with Gasteiger partial charge in [-0.3, -0.25) is 4.79 Å². The number of hydrogen-bond donors (Lipinski definition) is 0. The first-order valence-corrected chi connectivity index (χ1v) is 8.83. The van der Waals surface area contributed by atoms with Crippen molar-refractivity contribution in [2.24, 2.45) is 17.8 Å². The molecule has 3 nitrogen and oxygen atoms in total. The van der Waals surface area contributed by atoms with Gasteiger partial charge in [0.2, 0.25) is 0 Å². The van der Waals surface area contributed by atoms with Gasteiger partial charge in [-0.15, -0.1) is 0 Å². The molecule has 2 rings (SSSR count). The highest BCUT2D eigenvalue weighted by atomic mass is 16.5. The summed E-state index contributed by atoms with van der Waals surface area (Å²) in [4.78, 5) is 12.3. The summed E-state index contributed by atoms with van der Waals surface area (Å²) in [6.45, 7) is 2.24. The summed E-state index contributed by atoms with van der Waals surface area (Å²) < 4.78 is 5.69. The molecule has 0 atom stereocenters. The normalized spacial score (nSPS) is 33.1. The number of hydrogen-bond acceptors (Lipinski definition) is 3. The smallest absolute Gasteiger partial charge is 0.309 e. The van der Waals surface area contributed by atoms with E-state index in [0.29, 0.717) is 0 Å². The lowest BCUT2D eigenvalue weighted by Crippen LogP contribution is -2.30. The SMILES string of the molecule is CCCCC1CCC(C(=O)OC2CCC(C#N)CC2)CC1. The lowest BCUT2D eigenvalue weighted by atomic mass is 9.80. The van der Waals surface area contributed by atoms with E-state index in [1.165, 1.54) is 32.1 Å². The third-order valence-corrected chi connectivity index (χ3v) is 5.29. The Morgan fingerprint density at radius 2 is 1.76 bits per heavy atom. The molecule has 3 heteroatoms. The first-order chi connectivity index (χ1) is 10.2. The fourth-order valence-electron chi connectivity index (χ4n) is 3.75. The van der Waals surface area contributed by atoms with Crippen molar-refractivity contribution in [3.8, 4) is 6.07 Å². The van der Waals surface area contributed by atoms with Gasteiger partial charge in [0.25, 0.3) is 0 Å². The molecule has 118 valence electrons. The molecule has 2 aliphatic rings. The maximum atomic E-state index is 12.3. The molecule has 0 aromatic rings. The van der Waals surface area contributed by atoms with Crippen LogP contribution in [0.4, 0.5) is 0 Å². The van der Waals surface area contributed by atoms with Crippen molar-refractivity contribution in [3.05, 3.63) is 0 Å². The Morgan fingerprint density at radius 1 is 1.10 bits per heavy atom. The van der Waals surface area contributed by atoms with Crippen LogP contribution < -0.4 is 0 Å². The van der Waals surface area contributed by atoms with Gasteiger partial charge in [-0.1, -0.05) is 26.2 Å². The highest BCUT2D eigenvalue weighted by molar-refractivity contribution is 5.72. The third kappa shape index (κ3) is 5.02. The van der Waals surface area contributed by atoms with Gasteiger partial charge in [0.1, 0.15) is 6.10 Å². The van der Waals surface area contributed by atoms with Crippen LogP contribution in [-0.2, 0) is 9.53 Å². The molecule has 0 heterocycles.